The van der Waals surface area contributed by atoms with Gasteiger partial charge in [-0.05, 0) is 40.3 Å². The fourth-order valence-corrected chi connectivity index (χ4v) is 2.29. The third-order valence-electron chi connectivity index (χ3n) is 3.47. The highest BCUT2D eigenvalue weighted by molar-refractivity contribution is 5.38. The van der Waals surface area contributed by atoms with Crippen LogP contribution in [0, 0.1) is 5.82 Å². The first kappa shape index (κ1) is 15.5. The van der Waals surface area contributed by atoms with Gasteiger partial charge in [0.05, 0.1) is 0 Å². The van der Waals surface area contributed by atoms with Crippen LogP contribution in [0.5, 0.6) is 5.75 Å². The lowest BCUT2D eigenvalue weighted by atomic mass is 9.86. The molecule has 3 heteroatoms. The van der Waals surface area contributed by atoms with Crippen molar-refractivity contribution >= 4 is 0 Å². The van der Waals surface area contributed by atoms with Gasteiger partial charge in [0, 0.05) is 6.54 Å². The number of nitrogens with two attached hydrogens (primary N) is 1. The summed E-state index contributed by atoms with van der Waals surface area (Å²) in [6, 6.07) is 12.6. The van der Waals surface area contributed by atoms with E-state index in [0.29, 0.717) is 13.2 Å². The van der Waals surface area contributed by atoms with Crippen LogP contribution in [-0.4, -0.2) is 0 Å². The molecule has 0 atom stereocenters. The van der Waals surface area contributed by atoms with Crippen LogP contribution < -0.4 is 10.5 Å². The molecule has 0 bridgehead atoms. The molecule has 2 nitrogen and oxygen atoms in total. The summed E-state index contributed by atoms with van der Waals surface area (Å²) in [7, 11) is 0. The number of hydrogen-bond donors (Lipinski definition) is 1. The highest BCUT2D eigenvalue weighted by Gasteiger charge is 2.18. The van der Waals surface area contributed by atoms with E-state index in [4.69, 9.17) is 10.5 Å². The second-order valence-electron chi connectivity index (χ2n) is 6.15. The minimum atomic E-state index is -0.269. The molecule has 0 fully saturated rings. The van der Waals surface area contributed by atoms with Gasteiger partial charge in [-0.15, -0.1) is 0 Å². The van der Waals surface area contributed by atoms with Crippen LogP contribution in [0.2, 0.25) is 0 Å². The minimum Gasteiger partial charge on any atom is -0.489 e. The predicted molar refractivity (Wildman–Crippen MR) is 83.8 cm³/mol. The highest BCUT2D eigenvalue weighted by atomic mass is 19.1. The molecule has 0 unspecified atom stereocenters. The zero-order chi connectivity index (χ0) is 15.5. The largest absolute Gasteiger partial charge is 0.489 e. The van der Waals surface area contributed by atoms with Gasteiger partial charge >= 0.3 is 0 Å². The first-order valence-corrected chi connectivity index (χ1v) is 7.11. The number of hydrogen-bond acceptors (Lipinski definition) is 2. The molecule has 112 valence electrons. The Hall–Kier alpha value is -1.87. The normalized spacial score (nSPS) is 11.5. The number of halogens is 1. The number of benzene rings is 2. The molecule has 0 saturated heterocycles. The van der Waals surface area contributed by atoms with Gasteiger partial charge in [0.2, 0.25) is 0 Å². The summed E-state index contributed by atoms with van der Waals surface area (Å²) >= 11 is 0. The molecule has 2 aromatic carbocycles. The summed E-state index contributed by atoms with van der Waals surface area (Å²) in [6.45, 7) is 7.15. The molecule has 0 aliphatic heterocycles. The van der Waals surface area contributed by atoms with E-state index in [1.165, 1.54) is 12.1 Å². The Kier molecular flexibility index (Phi) is 4.63. The molecular weight excluding hydrogens is 265 g/mol. The summed E-state index contributed by atoms with van der Waals surface area (Å²) in [5.41, 5.74) is 8.53. The lowest BCUT2D eigenvalue weighted by molar-refractivity contribution is 0.296. The molecule has 0 heterocycles. The quantitative estimate of drug-likeness (QED) is 0.916. The molecule has 0 aromatic heterocycles. The van der Waals surface area contributed by atoms with Crippen molar-refractivity contribution in [3.8, 4) is 5.75 Å². The molecule has 2 N–H and O–H groups in total. The predicted octanol–water partition coefficient (Wildman–Crippen LogP) is 4.16. The van der Waals surface area contributed by atoms with E-state index in [1.54, 1.807) is 6.07 Å². The molecule has 0 aliphatic carbocycles. The summed E-state index contributed by atoms with van der Waals surface area (Å²) in [4.78, 5) is 0. The Morgan fingerprint density at radius 3 is 2.43 bits per heavy atom. The first-order valence-electron chi connectivity index (χ1n) is 7.11. The molecule has 0 saturated carbocycles. The van der Waals surface area contributed by atoms with Crippen molar-refractivity contribution in [2.24, 2.45) is 5.73 Å². The second kappa shape index (κ2) is 6.27. The Morgan fingerprint density at radius 1 is 1.05 bits per heavy atom. The maximum Gasteiger partial charge on any atom is 0.123 e. The molecule has 2 rings (SSSR count). The van der Waals surface area contributed by atoms with E-state index in [2.05, 4.69) is 26.8 Å². The Bertz CT molecular complexity index is 617. The van der Waals surface area contributed by atoms with Gasteiger partial charge in [0.1, 0.15) is 18.2 Å². The van der Waals surface area contributed by atoms with Crippen molar-refractivity contribution in [1.82, 2.24) is 0 Å². The van der Waals surface area contributed by atoms with Gasteiger partial charge < -0.3 is 10.5 Å². The van der Waals surface area contributed by atoms with Crippen LogP contribution in [0.3, 0.4) is 0 Å². The number of ether oxygens (including phenoxy) is 1. The summed E-state index contributed by atoms with van der Waals surface area (Å²) in [5, 5.41) is 0. The fourth-order valence-electron chi connectivity index (χ4n) is 2.29. The van der Waals surface area contributed by atoms with Crippen molar-refractivity contribution in [3.63, 3.8) is 0 Å². The van der Waals surface area contributed by atoms with Crippen LogP contribution in [0.4, 0.5) is 4.39 Å². The molecule has 0 aliphatic rings. The van der Waals surface area contributed by atoms with Crippen LogP contribution in [-0.2, 0) is 18.6 Å². The average Bonchev–Trinajstić information content (AvgIpc) is 2.45. The molecule has 0 radical (unpaired) electrons. The SMILES string of the molecule is CC(C)(C)c1ccccc1OCc1ccc(F)cc1CN. The Labute approximate surface area is 125 Å². The molecular formula is C18H22FNO. The fraction of sp³-hybridized carbons (Fsp3) is 0.333. The van der Waals surface area contributed by atoms with Crippen LogP contribution in [0.25, 0.3) is 0 Å². The van der Waals surface area contributed by atoms with Gasteiger partial charge in [-0.25, -0.2) is 4.39 Å². The number of rotatable bonds is 4. The minimum absolute atomic E-state index is 0.0100. The molecule has 2 aromatic rings. The van der Waals surface area contributed by atoms with Gasteiger partial charge in [0.15, 0.2) is 0 Å². The number of para-hydroxylation sites is 1. The van der Waals surface area contributed by atoms with Crippen LogP contribution >= 0.6 is 0 Å². The topological polar surface area (TPSA) is 35.2 Å². The summed E-state index contributed by atoms with van der Waals surface area (Å²) < 4.78 is 19.2. The van der Waals surface area contributed by atoms with Gasteiger partial charge in [0.25, 0.3) is 0 Å². The van der Waals surface area contributed by atoms with Crippen LogP contribution in [0.15, 0.2) is 42.5 Å². The van der Waals surface area contributed by atoms with E-state index in [-0.39, 0.29) is 11.2 Å². The van der Waals surface area contributed by atoms with Crippen molar-refractivity contribution in [3.05, 3.63) is 65.0 Å². The Balaban J connectivity index is 2.21. The maximum atomic E-state index is 13.2. The summed E-state index contributed by atoms with van der Waals surface area (Å²) in [6.07, 6.45) is 0. The van der Waals surface area contributed by atoms with E-state index >= 15 is 0 Å². The van der Waals surface area contributed by atoms with Crippen molar-refractivity contribution < 1.29 is 9.13 Å². The molecule has 0 amide bonds. The van der Waals surface area contributed by atoms with Gasteiger partial charge in [-0.1, -0.05) is 45.0 Å². The van der Waals surface area contributed by atoms with E-state index < -0.39 is 0 Å². The highest BCUT2D eigenvalue weighted by Crippen LogP contribution is 2.31. The summed E-state index contributed by atoms with van der Waals surface area (Å²) in [5.74, 6) is 0.589. The molecule has 0 spiro atoms. The Morgan fingerprint density at radius 2 is 1.76 bits per heavy atom. The zero-order valence-electron chi connectivity index (χ0n) is 12.8. The standard InChI is InChI=1S/C18H22FNO/c1-18(2,3)16-6-4-5-7-17(16)21-12-13-8-9-15(19)10-14(13)11-20/h4-10H,11-12,20H2,1-3H3. The van der Waals surface area contributed by atoms with E-state index in [1.807, 2.05) is 18.2 Å². The van der Waals surface area contributed by atoms with Gasteiger partial charge in [-0.2, -0.15) is 0 Å². The van der Waals surface area contributed by atoms with Crippen LogP contribution in [0.1, 0.15) is 37.5 Å². The van der Waals surface area contributed by atoms with E-state index in [9.17, 15) is 4.39 Å². The monoisotopic (exact) mass is 287 g/mol. The third kappa shape index (κ3) is 3.82. The zero-order valence-corrected chi connectivity index (χ0v) is 12.8. The van der Waals surface area contributed by atoms with E-state index in [0.717, 1.165) is 22.4 Å². The van der Waals surface area contributed by atoms with Crippen molar-refractivity contribution in [2.75, 3.05) is 0 Å². The molecule has 21 heavy (non-hydrogen) atoms. The second-order valence-corrected chi connectivity index (χ2v) is 6.15. The van der Waals surface area contributed by atoms with Gasteiger partial charge in [-0.3, -0.25) is 0 Å². The average molecular weight is 287 g/mol. The lowest BCUT2D eigenvalue weighted by Gasteiger charge is -2.23. The lowest BCUT2D eigenvalue weighted by Crippen LogP contribution is -2.13. The first-order chi connectivity index (χ1) is 9.91. The van der Waals surface area contributed by atoms with Crippen molar-refractivity contribution in [2.45, 2.75) is 39.3 Å². The third-order valence-corrected chi connectivity index (χ3v) is 3.47. The van der Waals surface area contributed by atoms with Crippen molar-refractivity contribution in [1.29, 1.82) is 0 Å². The smallest absolute Gasteiger partial charge is 0.123 e. The maximum absolute atomic E-state index is 13.2.